The Morgan fingerprint density at radius 1 is 1.03 bits per heavy atom. The third-order valence-corrected chi connectivity index (χ3v) is 6.76. The molecule has 0 saturated heterocycles. The highest BCUT2D eigenvalue weighted by Gasteiger charge is 2.27. The van der Waals surface area contributed by atoms with Gasteiger partial charge in [0, 0.05) is 6.54 Å². The minimum absolute atomic E-state index is 0.101. The molecule has 208 valence electrons. The minimum Gasteiger partial charge on any atom is -0.493 e. The van der Waals surface area contributed by atoms with Crippen molar-refractivity contribution in [3.63, 3.8) is 0 Å². The average molecular weight is 523 g/mol. The van der Waals surface area contributed by atoms with Gasteiger partial charge in [0.25, 0.3) is 0 Å². The predicted molar refractivity (Wildman–Crippen MR) is 155 cm³/mol. The van der Waals surface area contributed by atoms with Crippen molar-refractivity contribution in [2.24, 2.45) is 10.9 Å². The maximum atomic E-state index is 6.08. The van der Waals surface area contributed by atoms with E-state index in [1.807, 2.05) is 24.5 Å². The monoisotopic (exact) mass is 522 g/mol. The molecule has 0 N–H and O–H groups in total. The van der Waals surface area contributed by atoms with Gasteiger partial charge in [-0.3, -0.25) is 4.99 Å². The van der Waals surface area contributed by atoms with Crippen LogP contribution in [0.15, 0.2) is 59.6 Å². The van der Waals surface area contributed by atoms with Crippen LogP contribution >= 0.6 is 0 Å². The molecule has 0 aliphatic carbocycles. The SMILES string of the molecule is COc1cc2c(cc1OC)[C@H](C/C=C\COCc1ccccc1)N(C=N[C@H](COC(C)(C)C)C(C)C)CC2. The Hall–Kier alpha value is -2.83. The van der Waals surface area contributed by atoms with E-state index in [0.717, 1.165) is 30.9 Å². The summed E-state index contributed by atoms with van der Waals surface area (Å²) in [6.07, 6.45) is 8.13. The van der Waals surface area contributed by atoms with Gasteiger partial charge in [0.1, 0.15) is 0 Å². The fourth-order valence-corrected chi connectivity index (χ4v) is 4.47. The number of nitrogens with zero attached hydrogens (tertiary/aromatic N) is 2. The maximum absolute atomic E-state index is 6.08. The smallest absolute Gasteiger partial charge is 0.161 e. The molecule has 38 heavy (non-hydrogen) atoms. The van der Waals surface area contributed by atoms with Crippen LogP contribution in [0.25, 0.3) is 0 Å². The average Bonchev–Trinajstić information content (AvgIpc) is 2.90. The van der Waals surface area contributed by atoms with E-state index in [1.165, 1.54) is 16.7 Å². The molecule has 0 radical (unpaired) electrons. The van der Waals surface area contributed by atoms with Crippen LogP contribution in [0.1, 0.15) is 63.8 Å². The third kappa shape index (κ3) is 8.88. The van der Waals surface area contributed by atoms with Crippen molar-refractivity contribution in [3.8, 4) is 11.5 Å². The summed E-state index contributed by atoms with van der Waals surface area (Å²) in [5.41, 5.74) is 3.54. The molecule has 0 saturated carbocycles. The van der Waals surface area contributed by atoms with Crippen LogP contribution in [0.4, 0.5) is 0 Å². The first kappa shape index (κ1) is 29.7. The molecular weight excluding hydrogens is 476 g/mol. The van der Waals surface area contributed by atoms with Gasteiger partial charge in [0.15, 0.2) is 11.5 Å². The van der Waals surface area contributed by atoms with Crippen molar-refractivity contribution >= 4 is 6.34 Å². The van der Waals surface area contributed by atoms with Gasteiger partial charge in [-0.1, -0.05) is 56.3 Å². The van der Waals surface area contributed by atoms with Crippen LogP contribution in [-0.4, -0.2) is 56.9 Å². The van der Waals surface area contributed by atoms with Gasteiger partial charge in [-0.25, -0.2) is 0 Å². The molecule has 1 heterocycles. The maximum Gasteiger partial charge on any atom is 0.161 e. The quantitative estimate of drug-likeness (QED) is 0.128. The van der Waals surface area contributed by atoms with Crippen molar-refractivity contribution in [2.45, 2.75) is 71.8 Å². The van der Waals surface area contributed by atoms with Gasteiger partial charge >= 0.3 is 0 Å². The largest absolute Gasteiger partial charge is 0.493 e. The van der Waals surface area contributed by atoms with Crippen molar-refractivity contribution in [1.82, 2.24) is 4.90 Å². The Bertz CT molecular complexity index is 1040. The molecule has 0 fully saturated rings. The highest BCUT2D eigenvalue weighted by atomic mass is 16.5. The van der Waals surface area contributed by atoms with Crippen LogP contribution in [0.3, 0.4) is 0 Å². The summed E-state index contributed by atoms with van der Waals surface area (Å²) in [5, 5.41) is 0. The van der Waals surface area contributed by atoms with E-state index in [-0.39, 0.29) is 17.7 Å². The number of hydrogen-bond acceptors (Lipinski definition) is 5. The molecule has 0 aromatic heterocycles. The Morgan fingerprint density at radius 3 is 2.39 bits per heavy atom. The van der Waals surface area contributed by atoms with Crippen molar-refractivity contribution in [1.29, 1.82) is 0 Å². The van der Waals surface area contributed by atoms with Crippen LogP contribution < -0.4 is 9.47 Å². The number of benzene rings is 2. The van der Waals surface area contributed by atoms with E-state index >= 15 is 0 Å². The van der Waals surface area contributed by atoms with E-state index in [9.17, 15) is 0 Å². The highest BCUT2D eigenvalue weighted by molar-refractivity contribution is 5.59. The topological polar surface area (TPSA) is 52.5 Å². The van der Waals surface area contributed by atoms with Crippen molar-refractivity contribution in [3.05, 3.63) is 71.3 Å². The molecule has 2 atom stereocenters. The number of methoxy groups -OCH3 is 2. The Balaban J connectivity index is 1.76. The van der Waals surface area contributed by atoms with Crippen molar-refractivity contribution in [2.75, 3.05) is 34.0 Å². The predicted octanol–water partition coefficient (Wildman–Crippen LogP) is 6.63. The molecule has 2 aromatic carbocycles. The molecule has 1 aliphatic heterocycles. The number of rotatable bonds is 13. The second-order valence-electron chi connectivity index (χ2n) is 11.1. The van der Waals surface area contributed by atoms with Gasteiger partial charge in [-0.2, -0.15) is 0 Å². The summed E-state index contributed by atoms with van der Waals surface area (Å²) in [6, 6.07) is 14.7. The number of ether oxygens (including phenoxy) is 4. The molecule has 6 nitrogen and oxygen atoms in total. The molecule has 6 heteroatoms. The summed E-state index contributed by atoms with van der Waals surface area (Å²) in [4.78, 5) is 7.37. The molecule has 1 aliphatic rings. The molecule has 0 unspecified atom stereocenters. The third-order valence-electron chi connectivity index (χ3n) is 6.76. The zero-order chi connectivity index (χ0) is 27.5. The van der Waals surface area contributed by atoms with E-state index in [0.29, 0.717) is 25.7 Å². The Labute approximate surface area is 229 Å². The lowest BCUT2D eigenvalue weighted by molar-refractivity contribution is -0.0145. The lowest BCUT2D eigenvalue weighted by Crippen LogP contribution is -2.36. The molecule has 3 rings (SSSR count). The second kappa shape index (κ2) is 14.4. The summed E-state index contributed by atoms with van der Waals surface area (Å²) in [5.74, 6) is 1.91. The summed E-state index contributed by atoms with van der Waals surface area (Å²) < 4.78 is 23.2. The molecule has 0 bridgehead atoms. The van der Waals surface area contributed by atoms with Gasteiger partial charge in [0.2, 0.25) is 0 Å². The van der Waals surface area contributed by atoms with Gasteiger partial charge in [-0.05, 0) is 68.4 Å². The number of hydrogen-bond donors (Lipinski definition) is 0. The molecule has 0 amide bonds. The van der Waals surface area contributed by atoms with Gasteiger partial charge in [0.05, 0.1) is 58.1 Å². The lowest BCUT2D eigenvalue weighted by atomic mass is 9.90. The first-order valence-corrected chi connectivity index (χ1v) is 13.7. The minimum atomic E-state index is -0.182. The van der Waals surface area contributed by atoms with E-state index in [1.54, 1.807) is 14.2 Å². The molecule has 0 spiro atoms. The zero-order valence-electron chi connectivity index (χ0n) is 24.3. The number of aliphatic imine (C=N–C) groups is 1. The fraction of sp³-hybridized carbons (Fsp3) is 0.531. The second-order valence-corrected chi connectivity index (χ2v) is 11.1. The van der Waals surface area contributed by atoms with Gasteiger partial charge in [-0.15, -0.1) is 0 Å². The first-order valence-electron chi connectivity index (χ1n) is 13.7. The van der Waals surface area contributed by atoms with E-state index in [4.69, 9.17) is 23.9 Å². The van der Waals surface area contributed by atoms with Crippen LogP contribution in [0.2, 0.25) is 0 Å². The summed E-state index contributed by atoms with van der Waals surface area (Å²) in [6.45, 7) is 13.3. The summed E-state index contributed by atoms with van der Waals surface area (Å²) in [7, 11) is 3.38. The number of fused-ring (bicyclic) bond motifs is 1. The zero-order valence-corrected chi connectivity index (χ0v) is 24.3. The van der Waals surface area contributed by atoms with Crippen LogP contribution in [0, 0.1) is 5.92 Å². The van der Waals surface area contributed by atoms with Crippen molar-refractivity contribution < 1.29 is 18.9 Å². The Morgan fingerprint density at radius 2 is 1.74 bits per heavy atom. The van der Waals surface area contributed by atoms with E-state index < -0.39 is 0 Å². The fourth-order valence-electron chi connectivity index (χ4n) is 4.47. The molecular formula is C32H46N2O4. The summed E-state index contributed by atoms with van der Waals surface area (Å²) >= 11 is 0. The Kier molecular flexibility index (Phi) is 11.2. The highest BCUT2D eigenvalue weighted by Crippen LogP contribution is 2.39. The normalized spacial score (nSPS) is 16.8. The van der Waals surface area contributed by atoms with Gasteiger partial charge < -0.3 is 23.8 Å². The van der Waals surface area contributed by atoms with Crippen LogP contribution in [-0.2, 0) is 22.5 Å². The van der Waals surface area contributed by atoms with Crippen LogP contribution in [0.5, 0.6) is 11.5 Å². The lowest BCUT2D eigenvalue weighted by Gasteiger charge is -2.36. The first-order chi connectivity index (χ1) is 18.2. The van der Waals surface area contributed by atoms with E-state index in [2.05, 4.69) is 75.9 Å². The standard InChI is InChI=1S/C32H46N2O4/c1-24(2)28(22-38-32(3,4)5)33-23-34-17-16-26-19-30(35-6)31(36-7)20-27(26)29(34)15-11-12-18-37-21-25-13-9-8-10-14-25/h8-14,19-20,23-24,28-29H,15-18,21-22H2,1-7H3/b12-11-,33-23?/t28-,29+/m1/s1. The molecule has 2 aromatic rings.